The average molecular weight is 435 g/mol. The molecule has 9 heteroatoms. The van der Waals surface area contributed by atoms with Gasteiger partial charge in [0.25, 0.3) is 5.91 Å². The Morgan fingerprint density at radius 3 is 2.69 bits per heavy atom. The van der Waals surface area contributed by atoms with Gasteiger partial charge >= 0.3 is 0 Å². The molecule has 2 aromatic heterocycles. The molecule has 0 radical (unpaired) electrons. The van der Waals surface area contributed by atoms with Crippen molar-refractivity contribution in [2.45, 2.75) is 50.4 Å². The van der Waals surface area contributed by atoms with E-state index in [1.807, 2.05) is 18.3 Å². The number of aliphatic hydroxyl groups is 1. The third-order valence-corrected chi connectivity index (χ3v) is 6.66. The van der Waals surface area contributed by atoms with Crippen LogP contribution >= 0.6 is 0 Å². The summed E-state index contributed by atoms with van der Waals surface area (Å²) in [4.78, 5) is 49.1. The first kappa shape index (κ1) is 20.7. The molecule has 0 aromatic carbocycles. The molecule has 0 saturated carbocycles. The van der Waals surface area contributed by atoms with Gasteiger partial charge in [-0.15, -0.1) is 0 Å². The predicted molar refractivity (Wildman–Crippen MR) is 113 cm³/mol. The summed E-state index contributed by atoms with van der Waals surface area (Å²) in [6.07, 6.45) is 5.23. The zero-order chi connectivity index (χ0) is 22.3. The van der Waals surface area contributed by atoms with Gasteiger partial charge in [0.1, 0.15) is 11.6 Å². The Bertz CT molecular complexity index is 1070. The van der Waals surface area contributed by atoms with Crippen LogP contribution in [0.15, 0.2) is 36.7 Å². The van der Waals surface area contributed by atoms with Crippen LogP contribution in [-0.4, -0.2) is 61.7 Å². The standard InChI is InChI=1S/C23H25N5O4/c29-20-6-4-18(21(30)26-20)28-14-17-16(22(28)31)3-5-19(25-17)23(32)7-10-27(11-8-23)13-15-2-1-9-24-12-15/h1-3,5,9,12,18,32H,4,6-8,10-11,13-14H2,(H,26,29,30). The van der Waals surface area contributed by atoms with Crippen LogP contribution in [0.3, 0.4) is 0 Å². The van der Waals surface area contributed by atoms with Gasteiger partial charge in [-0.25, -0.2) is 0 Å². The molecule has 5 heterocycles. The van der Waals surface area contributed by atoms with Crippen molar-refractivity contribution < 1.29 is 19.5 Å². The Balaban J connectivity index is 1.28. The van der Waals surface area contributed by atoms with Crippen LogP contribution in [0, 0.1) is 0 Å². The zero-order valence-corrected chi connectivity index (χ0v) is 17.7. The van der Waals surface area contributed by atoms with Crippen LogP contribution in [-0.2, 0) is 28.3 Å². The summed E-state index contributed by atoms with van der Waals surface area (Å²) in [6, 6.07) is 6.72. The Morgan fingerprint density at radius 2 is 1.97 bits per heavy atom. The molecule has 3 amide bonds. The Labute approximate surface area is 185 Å². The lowest BCUT2D eigenvalue weighted by Gasteiger charge is -2.38. The molecule has 0 aliphatic carbocycles. The van der Waals surface area contributed by atoms with Gasteiger partial charge in [0, 0.05) is 38.4 Å². The van der Waals surface area contributed by atoms with E-state index in [4.69, 9.17) is 0 Å². The molecule has 3 aliphatic heterocycles. The fourth-order valence-corrected chi connectivity index (χ4v) is 4.78. The lowest BCUT2D eigenvalue weighted by Crippen LogP contribution is -2.52. The van der Waals surface area contributed by atoms with Gasteiger partial charge in [0.2, 0.25) is 11.8 Å². The van der Waals surface area contributed by atoms with Crippen LogP contribution in [0.25, 0.3) is 0 Å². The molecule has 3 aliphatic rings. The van der Waals surface area contributed by atoms with E-state index in [9.17, 15) is 19.5 Å². The molecular weight excluding hydrogens is 410 g/mol. The SMILES string of the molecule is O=C1CCC(N2Cc3nc(C4(O)CCN(Cc5cccnc5)CC4)ccc3C2=O)C(=O)N1. The number of nitrogens with one attached hydrogen (secondary N) is 1. The van der Waals surface area contributed by atoms with E-state index in [0.29, 0.717) is 36.2 Å². The molecule has 0 spiro atoms. The summed E-state index contributed by atoms with van der Waals surface area (Å²) >= 11 is 0. The molecule has 9 nitrogen and oxygen atoms in total. The van der Waals surface area contributed by atoms with Gasteiger partial charge in [0.05, 0.1) is 23.5 Å². The second-order valence-corrected chi connectivity index (χ2v) is 8.76. The maximum absolute atomic E-state index is 12.9. The van der Waals surface area contributed by atoms with Crippen molar-refractivity contribution in [3.8, 4) is 0 Å². The van der Waals surface area contributed by atoms with Crippen LogP contribution in [0.4, 0.5) is 0 Å². The van der Waals surface area contributed by atoms with Crippen LogP contribution in [0.2, 0.25) is 0 Å². The number of hydrogen-bond donors (Lipinski definition) is 2. The molecule has 166 valence electrons. The van der Waals surface area contributed by atoms with E-state index in [1.165, 1.54) is 4.90 Å². The van der Waals surface area contributed by atoms with E-state index in [0.717, 1.165) is 25.2 Å². The number of likely N-dealkylation sites (tertiary alicyclic amines) is 1. The minimum atomic E-state index is -1.05. The van der Waals surface area contributed by atoms with E-state index in [-0.39, 0.29) is 24.8 Å². The predicted octanol–water partition coefficient (Wildman–Crippen LogP) is 0.721. The van der Waals surface area contributed by atoms with E-state index < -0.39 is 17.6 Å². The number of hydrogen-bond acceptors (Lipinski definition) is 7. The van der Waals surface area contributed by atoms with Crippen molar-refractivity contribution in [1.82, 2.24) is 25.1 Å². The third kappa shape index (κ3) is 3.78. The van der Waals surface area contributed by atoms with Gasteiger partial charge in [-0.2, -0.15) is 0 Å². The number of amides is 3. The first-order valence-corrected chi connectivity index (χ1v) is 10.9. The molecule has 32 heavy (non-hydrogen) atoms. The number of carbonyl (C=O) groups excluding carboxylic acids is 3. The normalized spacial score (nSPS) is 23.2. The van der Waals surface area contributed by atoms with E-state index >= 15 is 0 Å². The van der Waals surface area contributed by atoms with Crippen molar-refractivity contribution in [3.63, 3.8) is 0 Å². The Morgan fingerprint density at radius 1 is 1.16 bits per heavy atom. The monoisotopic (exact) mass is 435 g/mol. The highest BCUT2D eigenvalue weighted by molar-refractivity contribution is 6.05. The lowest BCUT2D eigenvalue weighted by atomic mass is 9.87. The minimum absolute atomic E-state index is 0.206. The van der Waals surface area contributed by atoms with Gasteiger partial charge in [-0.1, -0.05) is 6.07 Å². The summed E-state index contributed by atoms with van der Waals surface area (Å²) < 4.78 is 0. The molecule has 2 aromatic rings. The highest BCUT2D eigenvalue weighted by Crippen LogP contribution is 2.34. The van der Waals surface area contributed by atoms with Crippen molar-refractivity contribution in [2.75, 3.05) is 13.1 Å². The number of nitrogens with zero attached hydrogens (tertiary/aromatic N) is 4. The van der Waals surface area contributed by atoms with E-state index in [2.05, 4.69) is 20.2 Å². The number of pyridine rings is 2. The molecule has 1 atom stereocenters. The fraction of sp³-hybridized carbons (Fsp3) is 0.435. The molecule has 2 fully saturated rings. The number of rotatable bonds is 4. The quantitative estimate of drug-likeness (QED) is 0.680. The minimum Gasteiger partial charge on any atom is -0.383 e. The highest BCUT2D eigenvalue weighted by Gasteiger charge is 2.41. The summed E-state index contributed by atoms with van der Waals surface area (Å²) in [5.41, 5.74) is 1.68. The molecule has 2 N–H and O–H groups in total. The number of aromatic nitrogens is 2. The second kappa shape index (κ2) is 8.07. The summed E-state index contributed by atoms with van der Waals surface area (Å²) in [6.45, 7) is 2.45. The number of piperidine rings is 2. The zero-order valence-electron chi connectivity index (χ0n) is 17.7. The number of imide groups is 1. The van der Waals surface area contributed by atoms with Crippen LogP contribution in [0.5, 0.6) is 0 Å². The summed E-state index contributed by atoms with van der Waals surface area (Å²) in [5, 5.41) is 13.6. The second-order valence-electron chi connectivity index (χ2n) is 8.76. The molecule has 0 bridgehead atoms. The first-order chi connectivity index (χ1) is 15.4. The van der Waals surface area contributed by atoms with Crippen molar-refractivity contribution in [3.05, 3.63) is 59.2 Å². The smallest absolute Gasteiger partial charge is 0.256 e. The Kier molecular flexibility index (Phi) is 5.22. The molecule has 1 unspecified atom stereocenters. The lowest BCUT2D eigenvalue weighted by molar-refractivity contribution is -0.136. The summed E-state index contributed by atoms with van der Waals surface area (Å²) in [7, 11) is 0. The molecule has 2 saturated heterocycles. The van der Waals surface area contributed by atoms with Gasteiger partial charge in [-0.05, 0) is 43.0 Å². The first-order valence-electron chi connectivity index (χ1n) is 10.9. The van der Waals surface area contributed by atoms with Gasteiger partial charge < -0.3 is 10.0 Å². The summed E-state index contributed by atoms with van der Waals surface area (Å²) in [5.74, 6) is -1.01. The van der Waals surface area contributed by atoms with E-state index in [1.54, 1.807) is 18.3 Å². The number of fused-ring (bicyclic) bond motifs is 1. The molecule has 5 rings (SSSR count). The third-order valence-electron chi connectivity index (χ3n) is 6.66. The Hall–Kier alpha value is -3.17. The maximum Gasteiger partial charge on any atom is 0.256 e. The van der Waals surface area contributed by atoms with Gasteiger partial charge in [-0.3, -0.25) is 34.6 Å². The van der Waals surface area contributed by atoms with Crippen molar-refractivity contribution in [1.29, 1.82) is 0 Å². The van der Waals surface area contributed by atoms with Crippen molar-refractivity contribution >= 4 is 17.7 Å². The van der Waals surface area contributed by atoms with Gasteiger partial charge in [0.15, 0.2) is 0 Å². The van der Waals surface area contributed by atoms with Crippen LogP contribution in [0.1, 0.15) is 53.0 Å². The highest BCUT2D eigenvalue weighted by atomic mass is 16.3. The molecular formula is C23H25N5O4. The number of carbonyl (C=O) groups is 3. The topological polar surface area (TPSA) is 116 Å². The average Bonchev–Trinajstić information content (AvgIpc) is 3.12. The largest absolute Gasteiger partial charge is 0.383 e. The van der Waals surface area contributed by atoms with Crippen LogP contribution < -0.4 is 5.32 Å². The van der Waals surface area contributed by atoms with Crippen molar-refractivity contribution in [2.24, 2.45) is 0 Å². The maximum atomic E-state index is 12.9. The fourth-order valence-electron chi connectivity index (χ4n) is 4.78.